The normalized spacial score (nSPS) is 11.0. The van der Waals surface area contributed by atoms with Crippen molar-refractivity contribution < 1.29 is 0 Å². The van der Waals surface area contributed by atoms with Gasteiger partial charge < -0.3 is 0 Å². The van der Waals surface area contributed by atoms with Crippen LogP contribution in [0.3, 0.4) is 0 Å². The van der Waals surface area contributed by atoms with Crippen LogP contribution in [0.5, 0.6) is 0 Å². The number of benzene rings is 2. The quantitative estimate of drug-likeness (QED) is 0.692. The van der Waals surface area contributed by atoms with Crippen LogP contribution in [0.1, 0.15) is 11.1 Å². The highest BCUT2D eigenvalue weighted by Crippen LogP contribution is 2.12. The third kappa shape index (κ3) is 4.13. The third-order valence-corrected chi connectivity index (χ3v) is 2.94. The fourth-order valence-corrected chi connectivity index (χ4v) is 1.69. The third-order valence-electron chi connectivity index (χ3n) is 2.43. The van der Waals surface area contributed by atoms with Crippen molar-refractivity contribution in [2.75, 3.05) is 0 Å². The van der Waals surface area contributed by atoms with Gasteiger partial charge in [0.2, 0.25) is 0 Å². The monoisotopic (exact) mass is 278 g/mol. The van der Waals surface area contributed by atoms with Crippen LogP contribution < -0.4 is 0 Å². The molecular weight excluding hydrogens is 267 g/mol. The van der Waals surface area contributed by atoms with Crippen LogP contribution >= 0.6 is 23.2 Å². The molecule has 0 spiro atoms. The number of azo groups is 1. The van der Waals surface area contributed by atoms with E-state index < -0.39 is 0 Å². The number of halogens is 2. The van der Waals surface area contributed by atoms with Crippen molar-refractivity contribution in [3.8, 4) is 0 Å². The maximum Gasteiger partial charge on any atom is 0.0849 e. The van der Waals surface area contributed by atoms with Crippen molar-refractivity contribution in [1.29, 1.82) is 0 Å². The Morgan fingerprint density at radius 3 is 1.28 bits per heavy atom. The molecule has 2 rings (SSSR count). The van der Waals surface area contributed by atoms with Gasteiger partial charge in [-0.3, -0.25) is 0 Å². The van der Waals surface area contributed by atoms with Gasteiger partial charge in [0, 0.05) is 10.0 Å². The van der Waals surface area contributed by atoms with E-state index in [1.807, 2.05) is 48.5 Å². The molecule has 0 radical (unpaired) electrons. The number of hydrogen-bond acceptors (Lipinski definition) is 2. The molecule has 4 heteroatoms. The van der Waals surface area contributed by atoms with Crippen LogP contribution in [0, 0.1) is 0 Å². The maximum atomic E-state index is 5.80. The number of hydrogen-bond donors (Lipinski definition) is 0. The van der Waals surface area contributed by atoms with Crippen LogP contribution in [0.15, 0.2) is 58.8 Å². The summed E-state index contributed by atoms with van der Waals surface area (Å²) in [6.07, 6.45) is 0. The first-order valence-corrected chi connectivity index (χ1v) is 6.32. The minimum absolute atomic E-state index is 0.574. The van der Waals surface area contributed by atoms with Gasteiger partial charge in [0.15, 0.2) is 0 Å². The fourth-order valence-electron chi connectivity index (χ4n) is 1.44. The average Bonchev–Trinajstić information content (AvgIpc) is 2.39. The molecule has 18 heavy (non-hydrogen) atoms. The van der Waals surface area contributed by atoms with E-state index in [2.05, 4.69) is 10.2 Å². The van der Waals surface area contributed by atoms with Gasteiger partial charge in [0.25, 0.3) is 0 Å². The van der Waals surface area contributed by atoms with Crippen molar-refractivity contribution in [1.82, 2.24) is 0 Å². The van der Waals surface area contributed by atoms with Gasteiger partial charge in [-0.2, -0.15) is 10.2 Å². The van der Waals surface area contributed by atoms with Gasteiger partial charge >= 0.3 is 0 Å². The minimum atomic E-state index is 0.574. The summed E-state index contributed by atoms with van der Waals surface area (Å²) in [7, 11) is 0. The van der Waals surface area contributed by atoms with Crippen molar-refractivity contribution in [3.05, 3.63) is 69.7 Å². The molecule has 0 aliphatic carbocycles. The highest BCUT2D eigenvalue weighted by molar-refractivity contribution is 6.30. The average molecular weight is 279 g/mol. The van der Waals surface area contributed by atoms with E-state index in [-0.39, 0.29) is 0 Å². The van der Waals surface area contributed by atoms with Gasteiger partial charge in [-0.1, -0.05) is 47.5 Å². The zero-order valence-electron chi connectivity index (χ0n) is 9.68. The Labute approximate surface area is 116 Å². The second-order valence-electron chi connectivity index (χ2n) is 3.85. The largest absolute Gasteiger partial charge is 0.189 e. The maximum absolute atomic E-state index is 5.80. The molecule has 0 aromatic heterocycles. The van der Waals surface area contributed by atoms with E-state index in [0.29, 0.717) is 13.1 Å². The number of nitrogens with zero attached hydrogens (tertiary/aromatic N) is 2. The van der Waals surface area contributed by atoms with E-state index in [4.69, 9.17) is 23.2 Å². The van der Waals surface area contributed by atoms with E-state index >= 15 is 0 Å². The molecule has 0 unspecified atom stereocenters. The molecule has 2 nitrogen and oxygen atoms in total. The Morgan fingerprint density at radius 1 is 0.611 bits per heavy atom. The molecule has 0 amide bonds. The molecule has 0 fully saturated rings. The van der Waals surface area contributed by atoms with Crippen molar-refractivity contribution in [2.45, 2.75) is 13.1 Å². The van der Waals surface area contributed by atoms with Crippen molar-refractivity contribution in [2.24, 2.45) is 10.2 Å². The van der Waals surface area contributed by atoms with Crippen LogP contribution in [-0.2, 0) is 13.1 Å². The summed E-state index contributed by atoms with van der Waals surface area (Å²) in [5.41, 5.74) is 2.19. The second kappa shape index (κ2) is 6.53. The van der Waals surface area contributed by atoms with Crippen LogP contribution in [0.25, 0.3) is 0 Å². The Kier molecular flexibility index (Phi) is 4.73. The van der Waals surface area contributed by atoms with Crippen LogP contribution in [0.2, 0.25) is 10.0 Å². The van der Waals surface area contributed by atoms with Crippen molar-refractivity contribution in [3.63, 3.8) is 0 Å². The number of rotatable bonds is 4. The first-order valence-electron chi connectivity index (χ1n) is 5.56. The lowest BCUT2D eigenvalue weighted by Crippen LogP contribution is -1.82. The summed E-state index contributed by atoms with van der Waals surface area (Å²) in [5, 5.41) is 9.74. The Hall–Kier alpha value is -1.38. The lowest BCUT2D eigenvalue weighted by Gasteiger charge is -1.97. The fraction of sp³-hybridized carbons (Fsp3) is 0.143. The smallest absolute Gasteiger partial charge is 0.0849 e. The molecule has 0 aliphatic rings. The predicted octanol–water partition coefficient (Wildman–Crippen LogP) is 5.15. The van der Waals surface area contributed by atoms with Gasteiger partial charge in [-0.15, -0.1) is 0 Å². The highest BCUT2D eigenvalue weighted by Gasteiger charge is 1.93. The van der Waals surface area contributed by atoms with Gasteiger partial charge in [0.1, 0.15) is 0 Å². The lowest BCUT2D eigenvalue weighted by molar-refractivity contribution is 0.851. The summed E-state index contributed by atoms with van der Waals surface area (Å²) in [4.78, 5) is 0. The second-order valence-corrected chi connectivity index (χ2v) is 4.72. The molecule has 0 bridgehead atoms. The molecule has 2 aromatic carbocycles. The Bertz CT molecular complexity index is 469. The molecule has 92 valence electrons. The van der Waals surface area contributed by atoms with Gasteiger partial charge in [-0.25, -0.2) is 0 Å². The lowest BCUT2D eigenvalue weighted by atomic mass is 10.2. The first-order chi connectivity index (χ1) is 8.74. The van der Waals surface area contributed by atoms with E-state index in [9.17, 15) is 0 Å². The zero-order chi connectivity index (χ0) is 12.8. The molecule has 0 atom stereocenters. The predicted molar refractivity (Wildman–Crippen MR) is 75.2 cm³/mol. The molecule has 0 N–H and O–H groups in total. The molecule has 0 heterocycles. The topological polar surface area (TPSA) is 24.7 Å². The summed E-state index contributed by atoms with van der Waals surface area (Å²) < 4.78 is 0. The standard InChI is InChI=1S/C14H12Cl2N2/c15-13-5-1-11(2-6-13)9-17-18-10-12-3-7-14(16)8-4-12/h1-8H,9-10H2. The van der Waals surface area contributed by atoms with E-state index in [1.165, 1.54) is 0 Å². The van der Waals surface area contributed by atoms with Crippen molar-refractivity contribution >= 4 is 23.2 Å². The highest BCUT2D eigenvalue weighted by atomic mass is 35.5. The molecule has 2 aromatic rings. The van der Waals surface area contributed by atoms with E-state index in [1.54, 1.807) is 0 Å². The Morgan fingerprint density at radius 2 is 0.944 bits per heavy atom. The molecular formula is C14H12Cl2N2. The Balaban J connectivity index is 1.85. The van der Waals surface area contributed by atoms with E-state index in [0.717, 1.165) is 21.2 Å². The molecule has 0 saturated heterocycles. The summed E-state index contributed by atoms with van der Waals surface area (Å²) in [6, 6.07) is 15.2. The molecule has 0 aliphatic heterocycles. The zero-order valence-corrected chi connectivity index (χ0v) is 11.2. The SMILES string of the molecule is Clc1ccc(CN=NCc2ccc(Cl)cc2)cc1. The van der Waals surface area contributed by atoms with Crippen LogP contribution in [-0.4, -0.2) is 0 Å². The first kappa shape index (κ1) is 13.1. The summed E-state index contributed by atoms with van der Waals surface area (Å²) in [5.74, 6) is 0. The van der Waals surface area contributed by atoms with Crippen LogP contribution in [0.4, 0.5) is 0 Å². The van der Waals surface area contributed by atoms with Gasteiger partial charge in [-0.05, 0) is 35.4 Å². The van der Waals surface area contributed by atoms with Gasteiger partial charge in [0.05, 0.1) is 13.1 Å². The minimum Gasteiger partial charge on any atom is -0.189 e. The summed E-state index contributed by atoms with van der Waals surface area (Å²) >= 11 is 11.6. The summed E-state index contributed by atoms with van der Waals surface area (Å²) in [6.45, 7) is 1.15. The molecule has 0 saturated carbocycles.